The highest BCUT2D eigenvalue weighted by Gasteiger charge is 2.16. The molecule has 0 fully saturated rings. The van der Waals surface area contributed by atoms with E-state index in [1.54, 1.807) is 31.2 Å². The molecule has 0 bridgehead atoms. The molecule has 1 aromatic carbocycles. The lowest BCUT2D eigenvalue weighted by molar-refractivity contribution is -0.148. The Morgan fingerprint density at radius 3 is 2.30 bits per heavy atom. The number of carbonyl (C=O) groups excluding carboxylic acids is 3. The number of ether oxygens (including phenoxy) is 2. The lowest BCUT2D eigenvalue weighted by Crippen LogP contribution is -2.39. The molecule has 1 aromatic rings. The molecule has 0 radical (unpaired) electrons. The van der Waals surface area contributed by atoms with Crippen LogP contribution in [-0.2, 0) is 25.7 Å². The minimum Gasteiger partial charge on any atom is -0.465 e. The SMILES string of the molecule is CCCC(=O)N[C@@H](C)C(=O)OCc1ccc(C(=O)OC)cc1.Cl. The molecule has 0 unspecified atom stereocenters. The van der Waals surface area contributed by atoms with Gasteiger partial charge in [-0.25, -0.2) is 9.59 Å². The molecule has 0 aromatic heterocycles. The van der Waals surface area contributed by atoms with Crippen LogP contribution in [0, 0.1) is 0 Å². The normalized spacial score (nSPS) is 10.9. The van der Waals surface area contributed by atoms with E-state index in [0.717, 1.165) is 12.0 Å². The maximum Gasteiger partial charge on any atom is 0.337 e. The van der Waals surface area contributed by atoms with Crippen LogP contribution in [0.25, 0.3) is 0 Å². The van der Waals surface area contributed by atoms with Crippen molar-refractivity contribution >= 4 is 30.3 Å². The van der Waals surface area contributed by atoms with Crippen molar-refractivity contribution in [1.82, 2.24) is 5.32 Å². The maximum absolute atomic E-state index is 11.8. The molecule has 0 heterocycles. The summed E-state index contributed by atoms with van der Waals surface area (Å²) in [5, 5.41) is 2.57. The van der Waals surface area contributed by atoms with Gasteiger partial charge in [-0.3, -0.25) is 4.79 Å². The molecule has 0 saturated heterocycles. The van der Waals surface area contributed by atoms with Gasteiger partial charge in [-0.1, -0.05) is 19.1 Å². The largest absolute Gasteiger partial charge is 0.465 e. The van der Waals surface area contributed by atoms with E-state index in [2.05, 4.69) is 10.1 Å². The molecule has 0 aliphatic carbocycles. The fraction of sp³-hybridized carbons (Fsp3) is 0.438. The fourth-order valence-electron chi connectivity index (χ4n) is 1.73. The molecule has 1 rings (SSSR count). The zero-order chi connectivity index (χ0) is 16.5. The first kappa shape index (κ1) is 20.9. The summed E-state index contributed by atoms with van der Waals surface area (Å²) in [5.41, 5.74) is 1.17. The van der Waals surface area contributed by atoms with Crippen molar-refractivity contribution in [2.75, 3.05) is 7.11 Å². The second-order valence-electron chi connectivity index (χ2n) is 4.84. The van der Waals surface area contributed by atoms with Gasteiger partial charge in [0.1, 0.15) is 12.6 Å². The van der Waals surface area contributed by atoms with E-state index in [0.29, 0.717) is 12.0 Å². The maximum atomic E-state index is 11.8. The van der Waals surface area contributed by atoms with E-state index in [1.807, 2.05) is 6.92 Å². The van der Waals surface area contributed by atoms with Crippen LogP contribution in [0.5, 0.6) is 0 Å². The van der Waals surface area contributed by atoms with Crippen molar-refractivity contribution in [3.05, 3.63) is 35.4 Å². The molecule has 0 saturated carbocycles. The molecule has 23 heavy (non-hydrogen) atoms. The van der Waals surface area contributed by atoms with Crippen molar-refractivity contribution in [2.45, 2.75) is 39.3 Å². The summed E-state index contributed by atoms with van der Waals surface area (Å²) in [6.07, 6.45) is 1.10. The zero-order valence-electron chi connectivity index (χ0n) is 13.5. The smallest absolute Gasteiger partial charge is 0.337 e. The number of esters is 2. The van der Waals surface area contributed by atoms with E-state index < -0.39 is 18.0 Å². The Balaban J connectivity index is 0.00000484. The minimum atomic E-state index is -0.687. The Kier molecular flexibility index (Phi) is 9.65. The van der Waals surface area contributed by atoms with Crippen LogP contribution in [0.15, 0.2) is 24.3 Å². The number of halogens is 1. The van der Waals surface area contributed by atoms with Crippen molar-refractivity contribution in [2.24, 2.45) is 0 Å². The number of nitrogens with one attached hydrogen (secondary N) is 1. The highest BCUT2D eigenvalue weighted by atomic mass is 35.5. The summed E-state index contributed by atoms with van der Waals surface area (Å²) in [6, 6.07) is 5.87. The van der Waals surface area contributed by atoms with Gasteiger partial charge >= 0.3 is 11.9 Å². The number of methoxy groups -OCH3 is 1. The quantitative estimate of drug-likeness (QED) is 0.768. The molecule has 0 aliphatic heterocycles. The van der Waals surface area contributed by atoms with Gasteiger partial charge in [0.2, 0.25) is 5.91 Å². The van der Waals surface area contributed by atoms with Gasteiger partial charge < -0.3 is 14.8 Å². The van der Waals surface area contributed by atoms with E-state index in [-0.39, 0.29) is 24.9 Å². The van der Waals surface area contributed by atoms with Gasteiger partial charge in [-0.15, -0.1) is 12.4 Å². The van der Waals surface area contributed by atoms with E-state index >= 15 is 0 Å². The lowest BCUT2D eigenvalue weighted by Gasteiger charge is -2.13. The Morgan fingerprint density at radius 1 is 1.17 bits per heavy atom. The van der Waals surface area contributed by atoms with Gasteiger partial charge in [0, 0.05) is 6.42 Å². The second-order valence-corrected chi connectivity index (χ2v) is 4.84. The van der Waals surface area contributed by atoms with Gasteiger partial charge in [0.25, 0.3) is 0 Å². The summed E-state index contributed by atoms with van der Waals surface area (Å²) >= 11 is 0. The first-order chi connectivity index (χ1) is 10.5. The zero-order valence-corrected chi connectivity index (χ0v) is 14.3. The lowest BCUT2D eigenvalue weighted by atomic mass is 10.1. The standard InChI is InChI=1S/C16H21NO5.ClH/c1-4-5-14(18)17-11(2)15(19)22-10-12-6-8-13(9-7-12)16(20)21-3;/h6-9,11H,4-5,10H2,1-3H3,(H,17,18);1H/t11-;/m0./s1. The molecule has 6 nitrogen and oxygen atoms in total. The molecular weight excluding hydrogens is 322 g/mol. The predicted octanol–water partition coefficient (Wildman–Crippen LogP) is 2.24. The highest BCUT2D eigenvalue weighted by Crippen LogP contribution is 2.07. The topological polar surface area (TPSA) is 81.7 Å². The van der Waals surface area contributed by atoms with Crippen LogP contribution in [0.2, 0.25) is 0 Å². The molecule has 0 spiro atoms. The highest BCUT2D eigenvalue weighted by molar-refractivity contribution is 5.89. The first-order valence-electron chi connectivity index (χ1n) is 7.11. The van der Waals surface area contributed by atoms with Gasteiger partial charge in [-0.2, -0.15) is 0 Å². The van der Waals surface area contributed by atoms with Gasteiger partial charge in [-0.05, 0) is 31.0 Å². The molecule has 1 atom stereocenters. The van der Waals surface area contributed by atoms with Gasteiger partial charge in [0.15, 0.2) is 0 Å². The third-order valence-electron chi connectivity index (χ3n) is 2.96. The van der Waals surface area contributed by atoms with Crippen LogP contribution < -0.4 is 5.32 Å². The predicted molar refractivity (Wildman–Crippen MR) is 87.3 cm³/mol. The number of carbonyl (C=O) groups is 3. The summed E-state index contributed by atoms with van der Waals surface area (Å²) in [6.45, 7) is 3.55. The number of amides is 1. The third kappa shape index (κ3) is 7.15. The summed E-state index contributed by atoms with van der Waals surface area (Å²) in [7, 11) is 1.31. The van der Waals surface area contributed by atoms with Crippen LogP contribution in [0.3, 0.4) is 0 Å². The van der Waals surface area contributed by atoms with Crippen molar-refractivity contribution in [3.63, 3.8) is 0 Å². The average molecular weight is 344 g/mol. The van der Waals surface area contributed by atoms with Crippen LogP contribution in [0.1, 0.15) is 42.6 Å². The van der Waals surface area contributed by atoms with E-state index in [1.165, 1.54) is 7.11 Å². The van der Waals surface area contributed by atoms with Gasteiger partial charge in [0.05, 0.1) is 12.7 Å². The fourth-order valence-corrected chi connectivity index (χ4v) is 1.73. The first-order valence-corrected chi connectivity index (χ1v) is 7.11. The van der Waals surface area contributed by atoms with Crippen molar-refractivity contribution in [1.29, 1.82) is 0 Å². The Morgan fingerprint density at radius 2 is 1.78 bits per heavy atom. The number of hydrogen-bond acceptors (Lipinski definition) is 5. The molecule has 7 heteroatoms. The molecule has 1 N–H and O–H groups in total. The number of rotatable bonds is 7. The molecule has 1 amide bonds. The van der Waals surface area contributed by atoms with E-state index in [9.17, 15) is 14.4 Å². The molecular formula is C16H22ClNO5. The van der Waals surface area contributed by atoms with Crippen LogP contribution in [-0.4, -0.2) is 31.0 Å². The third-order valence-corrected chi connectivity index (χ3v) is 2.96. The molecule has 0 aliphatic rings. The van der Waals surface area contributed by atoms with Crippen molar-refractivity contribution in [3.8, 4) is 0 Å². The number of hydrogen-bond donors (Lipinski definition) is 1. The Hall–Kier alpha value is -2.08. The average Bonchev–Trinajstić information content (AvgIpc) is 2.52. The number of benzene rings is 1. The Labute approximate surface area is 141 Å². The molecule has 128 valence electrons. The van der Waals surface area contributed by atoms with Crippen LogP contribution in [0.4, 0.5) is 0 Å². The summed E-state index contributed by atoms with van der Waals surface area (Å²) in [5.74, 6) is -1.09. The second kappa shape index (κ2) is 10.6. The summed E-state index contributed by atoms with van der Waals surface area (Å²) < 4.78 is 9.72. The monoisotopic (exact) mass is 343 g/mol. The van der Waals surface area contributed by atoms with Crippen LogP contribution >= 0.6 is 12.4 Å². The minimum absolute atomic E-state index is 0. The van der Waals surface area contributed by atoms with E-state index in [4.69, 9.17) is 4.74 Å². The van der Waals surface area contributed by atoms with Crippen molar-refractivity contribution < 1.29 is 23.9 Å². The Bertz CT molecular complexity index is 530. The summed E-state index contributed by atoms with van der Waals surface area (Å²) in [4.78, 5) is 34.5.